The minimum Gasteiger partial charge on any atom is -0.372 e. The van der Waals surface area contributed by atoms with E-state index in [0.717, 1.165) is 19.3 Å². The smallest absolute Gasteiger partial charge is 0.171 e. The number of nitrogens with two attached hydrogens (primary N) is 1. The molecule has 0 unspecified atom stereocenters. The summed E-state index contributed by atoms with van der Waals surface area (Å²) in [6.45, 7) is 1.95. The van der Waals surface area contributed by atoms with Crippen LogP contribution >= 0.6 is 0 Å². The fraction of sp³-hybridized carbons (Fsp3) is 0.600. The molecule has 1 saturated carbocycles. The van der Waals surface area contributed by atoms with Gasteiger partial charge in [-0.25, -0.2) is 0 Å². The Morgan fingerprint density at radius 1 is 1.21 bits per heavy atom. The average molecular weight is 263 g/mol. The average Bonchev–Trinajstić information content (AvgIpc) is 2.90. The summed E-state index contributed by atoms with van der Waals surface area (Å²) in [5.41, 5.74) is 7.33. The van der Waals surface area contributed by atoms with E-state index >= 15 is 0 Å². The van der Waals surface area contributed by atoms with Gasteiger partial charge in [-0.1, -0.05) is 30.3 Å². The molecule has 1 heterocycles. The van der Waals surface area contributed by atoms with Gasteiger partial charge in [0.25, 0.3) is 0 Å². The van der Waals surface area contributed by atoms with Gasteiger partial charge in [0.2, 0.25) is 0 Å². The summed E-state index contributed by atoms with van der Waals surface area (Å²) >= 11 is 0. The molecule has 2 atom stereocenters. The van der Waals surface area contributed by atoms with E-state index in [1.807, 2.05) is 18.2 Å². The van der Waals surface area contributed by atoms with Crippen molar-refractivity contribution in [3.8, 4) is 0 Å². The Hall–Kier alpha value is -0.940. The number of benzene rings is 1. The van der Waals surface area contributed by atoms with E-state index in [9.17, 15) is 0 Å². The minimum atomic E-state index is -0.433. The van der Waals surface area contributed by atoms with Gasteiger partial charge in [-0.3, -0.25) is 0 Å². The van der Waals surface area contributed by atoms with E-state index in [4.69, 9.17) is 19.9 Å². The van der Waals surface area contributed by atoms with Crippen molar-refractivity contribution in [2.75, 3.05) is 13.2 Å². The molecule has 4 nitrogen and oxygen atoms in total. The van der Waals surface area contributed by atoms with E-state index in [1.165, 1.54) is 5.56 Å². The molecule has 1 aromatic carbocycles. The molecule has 1 aliphatic carbocycles. The topological polar surface area (TPSA) is 53.7 Å². The van der Waals surface area contributed by atoms with Crippen LogP contribution in [0.15, 0.2) is 30.3 Å². The Labute approximate surface area is 113 Å². The quantitative estimate of drug-likeness (QED) is 0.904. The van der Waals surface area contributed by atoms with Gasteiger partial charge in [-0.15, -0.1) is 0 Å². The van der Waals surface area contributed by atoms with E-state index in [1.54, 1.807) is 0 Å². The summed E-state index contributed by atoms with van der Waals surface area (Å²) in [5, 5.41) is 0. The molecule has 0 radical (unpaired) electrons. The Morgan fingerprint density at radius 3 is 2.68 bits per heavy atom. The van der Waals surface area contributed by atoms with Crippen LogP contribution in [0, 0.1) is 0 Å². The van der Waals surface area contributed by atoms with Crippen molar-refractivity contribution in [2.45, 2.75) is 43.8 Å². The monoisotopic (exact) mass is 263 g/mol. The zero-order chi connectivity index (χ0) is 13.1. The molecule has 0 bridgehead atoms. The highest BCUT2D eigenvalue weighted by molar-refractivity contribution is 5.13. The molecule has 0 aromatic heterocycles. The lowest BCUT2D eigenvalue weighted by Gasteiger charge is -2.39. The third-order valence-corrected chi connectivity index (χ3v) is 3.97. The van der Waals surface area contributed by atoms with Crippen molar-refractivity contribution in [3.05, 3.63) is 35.9 Å². The molecule has 3 rings (SSSR count). The predicted octanol–water partition coefficient (Wildman–Crippen LogP) is 1.83. The summed E-state index contributed by atoms with van der Waals surface area (Å²) in [7, 11) is 0. The molecule has 2 N–H and O–H groups in total. The first-order valence-corrected chi connectivity index (χ1v) is 6.96. The van der Waals surface area contributed by atoms with Crippen LogP contribution in [0.5, 0.6) is 0 Å². The van der Waals surface area contributed by atoms with Crippen molar-refractivity contribution < 1.29 is 14.2 Å². The second-order valence-corrected chi connectivity index (χ2v) is 5.35. The highest BCUT2D eigenvalue weighted by atomic mass is 16.7. The number of rotatable bonds is 3. The largest absolute Gasteiger partial charge is 0.372 e. The lowest BCUT2D eigenvalue weighted by molar-refractivity contribution is -0.206. The lowest BCUT2D eigenvalue weighted by atomic mass is 9.88. The van der Waals surface area contributed by atoms with Gasteiger partial charge in [0.1, 0.15) is 0 Å². The van der Waals surface area contributed by atoms with Gasteiger partial charge in [0.15, 0.2) is 5.79 Å². The molecule has 19 heavy (non-hydrogen) atoms. The molecule has 1 saturated heterocycles. The van der Waals surface area contributed by atoms with E-state index in [2.05, 4.69) is 12.1 Å². The first-order chi connectivity index (χ1) is 9.27. The Bertz CT molecular complexity index is 403. The third kappa shape index (κ3) is 2.98. The van der Waals surface area contributed by atoms with Crippen LogP contribution in [0.2, 0.25) is 0 Å². The molecule has 1 spiro atoms. The zero-order valence-corrected chi connectivity index (χ0v) is 11.1. The van der Waals surface area contributed by atoms with Gasteiger partial charge in [-0.05, 0) is 12.0 Å². The first kappa shape index (κ1) is 13.1. The van der Waals surface area contributed by atoms with Gasteiger partial charge >= 0.3 is 0 Å². The van der Waals surface area contributed by atoms with Crippen LogP contribution in [-0.2, 0) is 20.8 Å². The number of hydrogen-bond acceptors (Lipinski definition) is 4. The van der Waals surface area contributed by atoms with Gasteiger partial charge < -0.3 is 19.9 Å². The van der Waals surface area contributed by atoms with E-state index in [0.29, 0.717) is 19.8 Å². The molecule has 2 fully saturated rings. The molecule has 1 aliphatic heterocycles. The van der Waals surface area contributed by atoms with E-state index in [-0.39, 0.29) is 12.1 Å². The van der Waals surface area contributed by atoms with Crippen molar-refractivity contribution in [1.82, 2.24) is 0 Å². The molecule has 104 valence electrons. The number of hydrogen-bond donors (Lipinski definition) is 1. The highest BCUT2D eigenvalue weighted by Crippen LogP contribution is 2.36. The summed E-state index contributed by atoms with van der Waals surface area (Å²) < 4.78 is 17.5. The maximum absolute atomic E-state index is 6.16. The van der Waals surface area contributed by atoms with Crippen LogP contribution in [0.1, 0.15) is 24.8 Å². The molecular weight excluding hydrogens is 242 g/mol. The Morgan fingerprint density at radius 2 is 1.95 bits per heavy atom. The summed E-state index contributed by atoms with van der Waals surface area (Å²) in [6.07, 6.45) is 2.51. The van der Waals surface area contributed by atoms with Crippen LogP contribution in [-0.4, -0.2) is 31.1 Å². The number of ether oxygens (including phenoxy) is 3. The molecule has 4 heteroatoms. The molecule has 2 aliphatic rings. The zero-order valence-electron chi connectivity index (χ0n) is 11.1. The highest BCUT2D eigenvalue weighted by Gasteiger charge is 2.44. The summed E-state index contributed by atoms with van der Waals surface area (Å²) in [5.74, 6) is -0.433. The van der Waals surface area contributed by atoms with Crippen molar-refractivity contribution >= 4 is 0 Å². The second-order valence-electron chi connectivity index (χ2n) is 5.35. The molecule has 1 aromatic rings. The van der Waals surface area contributed by atoms with Gasteiger partial charge in [-0.2, -0.15) is 0 Å². The fourth-order valence-corrected chi connectivity index (χ4v) is 2.85. The standard InChI is InChI=1S/C15H21NO3/c16-13-6-7-15(18-8-9-19-15)10-14(13)17-11-12-4-2-1-3-5-12/h1-5,13-14H,6-11,16H2/t13-,14+/m1/s1. The fourth-order valence-electron chi connectivity index (χ4n) is 2.85. The van der Waals surface area contributed by atoms with Crippen molar-refractivity contribution in [3.63, 3.8) is 0 Å². The van der Waals surface area contributed by atoms with Gasteiger partial charge in [0.05, 0.1) is 25.9 Å². The normalized spacial score (nSPS) is 29.7. The Balaban J connectivity index is 1.59. The Kier molecular flexibility index (Phi) is 3.84. The first-order valence-electron chi connectivity index (χ1n) is 6.96. The van der Waals surface area contributed by atoms with Crippen molar-refractivity contribution in [2.24, 2.45) is 5.73 Å². The van der Waals surface area contributed by atoms with Crippen LogP contribution in [0.25, 0.3) is 0 Å². The van der Waals surface area contributed by atoms with Gasteiger partial charge in [0, 0.05) is 18.9 Å². The SMILES string of the molecule is N[C@@H]1CCC2(C[C@@H]1OCc1ccccc1)OCCO2. The maximum atomic E-state index is 6.16. The van der Waals surface area contributed by atoms with Crippen LogP contribution in [0.3, 0.4) is 0 Å². The van der Waals surface area contributed by atoms with Crippen molar-refractivity contribution in [1.29, 1.82) is 0 Å². The van der Waals surface area contributed by atoms with E-state index < -0.39 is 5.79 Å². The minimum absolute atomic E-state index is 0.00653. The third-order valence-electron chi connectivity index (χ3n) is 3.97. The second kappa shape index (κ2) is 5.59. The lowest BCUT2D eigenvalue weighted by Crippen LogP contribution is -2.50. The molecular formula is C15H21NO3. The van der Waals surface area contributed by atoms with Crippen LogP contribution in [0.4, 0.5) is 0 Å². The molecule has 0 amide bonds. The van der Waals surface area contributed by atoms with Crippen LogP contribution < -0.4 is 5.73 Å². The maximum Gasteiger partial charge on any atom is 0.171 e. The predicted molar refractivity (Wildman–Crippen MR) is 71.5 cm³/mol. The summed E-state index contributed by atoms with van der Waals surface area (Å²) in [6, 6.07) is 10.2. The summed E-state index contributed by atoms with van der Waals surface area (Å²) in [4.78, 5) is 0.